The zero-order valence-electron chi connectivity index (χ0n) is 8.47. The Morgan fingerprint density at radius 3 is 3.00 bits per heavy atom. The largest absolute Gasteiger partial charge is 0.508 e. The van der Waals surface area contributed by atoms with Gasteiger partial charge in [0.25, 0.3) is 6.01 Å². The summed E-state index contributed by atoms with van der Waals surface area (Å²) in [7, 11) is 0. The van der Waals surface area contributed by atoms with Gasteiger partial charge >= 0.3 is 0 Å². The van der Waals surface area contributed by atoms with Crippen LogP contribution in [0.2, 0.25) is 0 Å². The molecule has 4 heteroatoms. The summed E-state index contributed by atoms with van der Waals surface area (Å²) < 4.78 is 5.56. The number of aromatic hydroxyl groups is 1. The Hall–Kier alpha value is -1.71. The number of rotatable bonds is 1. The first kappa shape index (κ1) is 8.59. The summed E-state index contributed by atoms with van der Waals surface area (Å²) >= 11 is 0. The lowest BCUT2D eigenvalue weighted by atomic mass is 10.0. The topological polar surface area (TPSA) is 49.5 Å². The zero-order valence-corrected chi connectivity index (χ0v) is 8.47. The molecule has 0 unspecified atom stereocenters. The Balaban J connectivity index is 1.99. The lowest BCUT2D eigenvalue weighted by Crippen LogP contribution is -2.45. The first-order valence-corrected chi connectivity index (χ1v) is 5.07. The summed E-state index contributed by atoms with van der Waals surface area (Å²) in [6.07, 6.45) is 0. The maximum absolute atomic E-state index is 9.29. The number of hydrogen-bond acceptors (Lipinski definition) is 4. The van der Waals surface area contributed by atoms with Crippen molar-refractivity contribution in [2.24, 2.45) is 5.92 Å². The highest BCUT2D eigenvalue weighted by Gasteiger charge is 2.26. The molecule has 0 radical (unpaired) electrons. The second-order valence-corrected chi connectivity index (χ2v) is 4.16. The van der Waals surface area contributed by atoms with Gasteiger partial charge in [0, 0.05) is 19.2 Å². The molecule has 1 aliphatic heterocycles. The van der Waals surface area contributed by atoms with Crippen LogP contribution < -0.4 is 4.90 Å². The summed E-state index contributed by atoms with van der Waals surface area (Å²) in [6.45, 7) is 4.20. The van der Waals surface area contributed by atoms with E-state index in [4.69, 9.17) is 4.42 Å². The van der Waals surface area contributed by atoms with Crippen molar-refractivity contribution < 1.29 is 9.52 Å². The van der Waals surface area contributed by atoms with E-state index in [2.05, 4.69) is 16.8 Å². The maximum Gasteiger partial charge on any atom is 0.298 e. The fraction of sp³-hybridized carbons (Fsp3) is 0.364. The minimum Gasteiger partial charge on any atom is -0.508 e. The lowest BCUT2D eigenvalue weighted by Gasteiger charge is -2.35. The molecule has 1 fully saturated rings. The van der Waals surface area contributed by atoms with Crippen LogP contribution in [-0.4, -0.2) is 23.2 Å². The van der Waals surface area contributed by atoms with Crippen LogP contribution in [-0.2, 0) is 0 Å². The van der Waals surface area contributed by atoms with Crippen molar-refractivity contribution in [1.82, 2.24) is 4.98 Å². The maximum atomic E-state index is 9.29. The van der Waals surface area contributed by atoms with Crippen molar-refractivity contribution in [3.05, 3.63) is 18.2 Å². The molecule has 15 heavy (non-hydrogen) atoms. The third kappa shape index (κ3) is 1.33. The number of aromatic nitrogens is 1. The molecule has 2 aromatic rings. The van der Waals surface area contributed by atoms with Crippen LogP contribution in [0, 0.1) is 5.92 Å². The molecule has 1 aromatic carbocycles. The summed E-state index contributed by atoms with van der Waals surface area (Å²) in [4.78, 5) is 6.46. The standard InChI is InChI=1S/C11H12N2O2/c1-7-5-13(6-7)11-12-9-3-2-8(14)4-10(9)15-11/h2-4,7,14H,5-6H2,1H3. The van der Waals surface area contributed by atoms with Crippen LogP contribution >= 0.6 is 0 Å². The van der Waals surface area contributed by atoms with E-state index >= 15 is 0 Å². The van der Waals surface area contributed by atoms with Gasteiger partial charge in [-0.05, 0) is 18.1 Å². The van der Waals surface area contributed by atoms with Gasteiger partial charge in [-0.25, -0.2) is 0 Å². The molecule has 3 rings (SSSR count). The van der Waals surface area contributed by atoms with Crippen molar-refractivity contribution in [3.63, 3.8) is 0 Å². The Morgan fingerprint density at radius 2 is 2.27 bits per heavy atom. The third-order valence-corrected chi connectivity index (χ3v) is 2.70. The summed E-state index contributed by atoms with van der Waals surface area (Å²) in [5.74, 6) is 0.926. The monoisotopic (exact) mass is 204 g/mol. The van der Waals surface area contributed by atoms with Crippen LogP contribution in [0.5, 0.6) is 5.75 Å². The zero-order chi connectivity index (χ0) is 10.4. The fourth-order valence-electron chi connectivity index (χ4n) is 1.89. The van der Waals surface area contributed by atoms with Crippen LogP contribution in [0.1, 0.15) is 6.92 Å². The quantitative estimate of drug-likeness (QED) is 0.771. The van der Waals surface area contributed by atoms with Crippen molar-refractivity contribution in [3.8, 4) is 5.75 Å². The average molecular weight is 204 g/mol. The highest BCUT2D eigenvalue weighted by molar-refractivity contribution is 5.76. The Kier molecular flexibility index (Phi) is 1.65. The molecule has 0 atom stereocenters. The lowest BCUT2D eigenvalue weighted by molar-refractivity contribution is 0.408. The van der Waals surface area contributed by atoms with Crippen LogP contribution in [0.4, 0.5) is 6.01 Å². The molecule has 0 aliphatic carbocycles. The first-order chi connectivity index (χ1) is 7.22. The van der Waals surface area contributed by atoms with E-state index in [-0.39, 0.29) is 5.75 Å². The van der Waals surface area contributed by atoms with Crippen molar-refractivity contribution in [1.29, 1.82) is 0 Å². The number of benzene rings is 1. The molecule has 1 N–H and O–H groups in total. The van der Waals surface area contributed by atoms with Gasteiger partial charge in [0.05, 0.1) is 0 Å². The highest BCUT2D eigenvalue weighted by Crippen LogP contribution is 2.28. The van der Waals surface area contributed by atoms with Crippen molar-refractivity contribution in [2.45, 2.75) is 6.92 Å². The number of nitrogens with zero attached hydrogens (tertiary/aromatic N) is 2. The second kappa shape index (κ2) is 2.89. The van der Waals surface area contributed by atoms with Crippen LogP contribution in [0.3, 0.4) is 0 Å². The van der Waals surface area contributed by atoms with Crippen LogP contribution in [0.15, 0.2) is 22.6 Å². The van der Waals surface area contributed by atoms with Gasteiger partial charge in [-0.15, -0.1) is 0 Å². The fourth-order valence-corrected chi connectivity index (χ4v) is 1.89. The summed E-state index contributed by atoms with van der Waals surface area (Å²) in [6, 6.07) is 5.64. The van der Waals surface area contributed by atoms with Gasteiger partial charge in [0.15, 0.2) is 5.58 Å². The number of fused-ring (bicyclic) bond motifs is 1. The number of phenolic OH excluding ortho intramolecular Hbond substituents is 1. The normalized spacial score (nSPS) is 17.0. The van der Waals surface area contributed by atoms with Gasteiger partial charge in [0.2, 0.25) is 0 Å². The molecular formula is C11H12N2O2. The predicted octanol–water partition coefficient (Wildman–Crippen LogP) is 1.99. The predicted molar refractivity (Wildman–Crippen MR) is 57.1 cm³/mol. The molecule has 1 aromatic heterocycles. The van der Waals surface area contributed by atoms with Gasteiger partial charge in [-0.1, -0.05) is 6.92 Å². The number of phenols is 1. The van der Waals surface area contributed by atoms with Crippen molar-refractivity contribution >= 4 is 17.1 Å². The SMILES string of the molecule is CC1CN(c2nc3ccc(O)cc3o2)C1. The Bertz CT molecular complexity index is 500. The molecule has 1 aliphatic rings. The van der Waals surface area contributed by atoms with Gasteiger partial charge in [-0.3, -0.25) is 0 Å². The van der Waals surface area contributed by atoms with Crippen LogP contribution in [0.25, 0.3) is 11.1 Å². The number of hydrogen-bond donors (Lipinski definition) is 1. The molecule has 0 saturated carbocycles. The number of anilines is 1. The molecule has 0 amide bonds. The van der Waals surface area contributed by atoms with E-state index in [9.17, 15) is 5.11 Å². The van der Waals surface area contributed by atoms with E-state index in [1.54, 1.807) is 18.2 Å². The third-order valence-electron chi connectivity index (χ3n) is 2.70. The molecule has 0 spiro atoms. The summed E-state index contributed by atoms with van der Waals surface area (Å²) in [5.41, 5.74) is 1.44. The van der Waals surface area contributed by atoms with Gasteiger partial charge in [0.1, 0.15) is 11.3 Å². The summed E-state index contributed by atoms with van der Waals surface area (Å²) in [5, 5.41) is 9.29. The van der Waals surface area contributed by atoms with Gasteiger partial charge < -0.3 is 14.4 Å². The van der Waals surface area contributed by atoms with E-state index in [0.717, 1.165) is 18.6 Å². The second-order valence-electron chi connectivity index (χ2n) is 4.16. The first-order valence-electron chi connectivity index (χ1n) is 5.07. The van der Waals surface area contributed by atoms with E-state index < -0.39 is 0 Å². The number of oxazole rings is 1. The van der Waals surface area contributed by atoms with E-state index in [1.807, 2.05) is 0 Å². The smallest absolute Gasteiger partial charge is 0.298 e. The van der Waals surface area contributed by atoms with E-state index in [0.29, 0.717) is 17.5 Å². The molecule has 1 saturated heterocycles. The minimum atomic E-state index is 0.210. The molecule has 0 bridgehead atoms. The van der Waals surface area contributed by atoms with Gasteiger partial charge in [-0.2, -0.15) is 4.98 Å². The molecular weight excluding hydrogens is 192 g/mol. The minimum absolute atomic E-state index is 0.210. The Labute approximate surface area is 87.1 Å². The average Bonchev–Trinajstić information content (AvgIpc) is 2.55. The Morgan fingerprint density at radius 1 is 1.47 bits per heavy atom. The molecule has 2 heterocycles. The van der Waals surface area contributed by atoms with Crippen molar-refractivity contribution in [2.75, 3.05) is 18.0 Å². The molecule has 4 nitrogen and oxygen atoms in total. The van der Waals surface area contributed by atoms with E-state index in [1.165, 1.54) is 0 Å². The molecule has 78 valence electrons. The highest BCUT2D eigenvalue weighted by atomic mass is 16.4.